The summed E-state index contributed by atoms with van der Waals surface area (Å²) in [5, 5.41) is 12.1. The molecule has 2 aromatic rings. The number of nitrogens with zero attached hydrogens (tertiary/aromatic N) is 4. The number of carbonyl (C=O) groups is 1. The van der Waals surface area contributed by atoms with Crippen molar-refractivity contribution in [1.82, 2.24) is 25.2 Å². The van der Waals surface area contributed by atoms with Gasteiger partial charge in [-0.1, -0.05) is 0 Å². The van der Waals surface area contributed by atoms with Crippen molar-refractivity contribution in [2.45, 2.75) is 0 Å². The van der Waals surface area contributed by atoms with Crippen molar-refractivity contribution in [3.05, 3.63) is 31.0 Å². The Balaban J connectivity index is 2.14. The summed E-state index contributed by atoms with van der Waals surface area (Å²) in [6.45, 7) is 0. The topological polar surface area (TPSA) is 102 Å². The van der Waals surface area contributed by atoms with Gasteiger partial charge < -0.3 is 4.74 Å². The Labute approximate surface area is 89.5 Å². The molecule has 16 heavy (non-hydrogen) atoms. The lowest BCUT2D eigenvalue weighted by Gasteiger charge is -2.03. The fraction of sp³-hybridized carbons (Fsp3) is 0. The van der Waals surface area contributed by atoms with Gasteiger partial charge in [0.25, 0.3) is 0 Å². The fourth-order valence-electron chi connectivity index (χ4n) is 1.02. The molecule has 0 aromatic carbocycles. The number of aromatic nitrogens is 4. The van der Waals surface area contributed by atoms with Crippen molar-refractivity contribution < 1.29 is 14.7 Å². The van der Waals surface area contributed by atoms with Gasteiger partial charge in [-0.2, -0.15) is 5.10 Å². The van der Waals surface area contributed by atoms with Crippen LogP contribution in [0.25, 0.3) is 5.82 Å². The second kappa shape index (κ2) is 4.36. The van der Waals surface area contributed by atoms with Crippen LogP contribution in [0.15, 0.2) is 31.0 Å². The third kappa shape index (κ3) is 2.12. The minimum absolute atomic E-state index is 0.204. The molecule has 2 aromatic heterocycles. The minimum Gasteiger partial charge on any atom is -0.407 e. The second-order valence-corrected chi connectivity index (χ2v) is 2.69. The van der Waals surface area contributed by atoms with Gasteiger partial charge in [-0.05, 0) is 12.1 Å². The fourth-order valence-corrected chi connectivity index (χ4v) is 1.02. The highest BCUT2D eigenvalue weighted by atomic mass is 16.6. The van der Waals surface area contributed by atoms with Crippen molar-refractivity contribution in [3.8, 4) is 11.6 Å². The zero-order valence-electron chi connectivity index (χ0n) is 7.94. The molecule has 0 atom stereocenters. The summed E-state index contributed by atoms with van der Waals surface area (Å²) in [6.07, 6.45) is 3.22. The maximum Gasteiger partial charge on any atom is 0.436 e. The lowest BCUT2D eigenvalue weighted by molar-refractivity contribution is 0.127. The minimum atomic E-state index is -0.977. The average molecular weight is 221 g/mol. The molecule has 0 radical (unpaired) electrons. The number of hydrogen-bond donors (Lipinski definition) is 2. The highest BCUT2D eigenvalue weighted by Crippen LogP contribution is 2.10. The number of carbonyl (C=O) groups excluding carboxylic acids is 1. The van der Waals surface area contributed by atoms with Crippen LogP contribution in [0.4, 0.5) is 4.79 Å². The smallest absolute Gasteiger partial charge is 0.407 e. The molecule has 0 aliphatic carbocycles. The first-order valence-corrected chi connectivity index (χ1v) is 4.22. The van der Waals surface area contributed by atoms with Crippen LogP contribution in [-0.4, -0.2) is 31.0 Å². The maximum absolute atomic E-state index is 10.7. The molecule has 2 N–H and O–H groups in total. The monoisotopic (exact) mass is 221 g/mol. The first-order chi connectivity index (χ1) is 7.79. The standard InChI is InChI=1S/C8H7N5O3/c14-8(12-15)16-6-1-2-7(10-3-6)13-5-9-4-11-13/h1-5,15H,(H,12,14). The lowest BCUT2D eigenvalue weighted by atomic mass is 10.4. The SMILES string of the molecule is O=C(NO)Oc1ccc(-n2cncn2)nc1. The quantitative estimate of drug-likeness (QED) is 0.552. The van der Waals surface area contributed by atoms with Gasteiger partial charge in [0.1, 0.15) is 12.7 Å². The van der Waals surface area contributed by atoms with Crippen LogP contribution in [0.5, 0.6) is 5.75 Å². The molecule has 0 saturated heterocycles. The van der Waals surface area contributed by atoms with E-state index in [0.29, 0.717) is 5.82 Å². The molecule has 0 spiro atoms. The first-order valence-electron chi connectivity index (χ1n) is 4.22. The van der Waals surface area contributed by atoms with Crippen molar-refractivity contribution in [2.24, 2.45) is 0 Å². The van der Waals surface area contributed by atoms with Crippen molar-refractivity contribution in [1.29, 1.82) is 0 Å². The van der Waals surface area contributed by atoms with Crippen molar-refractivity contribution in [2.75, 3.05) is 0 Å². The van der Waals surface area contributed by atoms with Gasteiger partial charge in [-0.15, -0.1) is 0 Å². The van der Waals surface area contributed by atoms with E-state index in [1.807, 2.05) is 0 Å². The molecule has 1 amide bonds. The van der Waals surface area contributed by atoms with E-state index in [2.05, 4.69) is 19.8 Å². The van der Waals surface area contributed by atoms with E-state index < -0.39 is 6.09 Å². The first kappa shape index (κ1) is 10.1. The van der Waals surface area contributed by atoms with Crippen LogP contribution in [-0.2, 0) is 0 Å². The number of nitrogens with one attached hydrogen (secondary N) is 1. The molecule has 0 unspecified atom stereocenters. The molecular formula is C8H7N5O3. The molecule has 0 fully saturated rings. The van der Waals surface area contributed by atoms with Crippen LogP contribution in [0.3, 0.4) is 0 Å². The Bertz CT molecular complexity index is 467. The highest BCUT2D eigenvalue weighted by Gasteiger charge is 2.03. The number of amides is 1. The van der Waals surface area contributed by atoms with Crippen LogP contribution in [0.2, 0.25) is 0 Å². The Morgan fingerprint density at radius 2 is 2.38 bits per heavy atom. The summed E-state index contributed by atoms with van der Waals surface area (Å²) >= 11 is 0. The summed E-state index contributed by atoms with van der Waals surface area (Å²) in [7, 11) is 0. The molecule has 0 bridgehead atoms. The molecule has 2 heterocycles. The second-order valence-electron chi connectivity index (χ2n) is 2.69. The largest absolute Gasteiger partial charge is 0.436 e. The van der Waals surface area contributed by atoms with E-state index in [1.54, 1.807) is 6.07 Å². The summed E-state index contributed by atoms with van der Waals surface area (Å²) in [6, 6.07) is 3.11. The summed E-state index contributed by atoms with van der Waals surface area (Å²) in [5.74, 6) is 0.740. The summed E-state index contributed by atoms with van der Waals surface area (Å²) in [4.78, 5) is 18.4. The predicted octanol–water partition coefficient (Wildman–Crippen LogP) is 0.140. The number of hydrogen-bond acceptors (Lipinski definition) is 6. The molecule has 2 rings (SSSR count). The Morgan fingerprint density at radius 1 is 1.50 bits per heavy atom. The molecule has 8 heteroatoms. The van der Waals surface area contributed by atoms with Gasteiger partial charge in [-0.3, -0.25) is 5.21 Å². The van der Waals surface area contributed by atoms with Gasteiger partial charge in [0.15, 0.2) is 11.6 Å². The molecule has 82 valence electrons. The lowest BCUT2D eigenvalue weighted by Crippen LogP contribution is -2.22. The number of pyridine rings is 1. The molecular weight excluding hydrogens is 214 g/mol. The van der Waals surface area contributed by atoms with E-state index in [-0.39, 0.29) is 5.75 Å². The Kier molecular flexibility index (Phi) is 2.74. The average Bonchev–Trinajstić information content (AvgIpc) is 2.83. The molecule has 0 aliphatic rings. The van der Waals surface area contributed by atoms with Crippen molar-refractivity contribution in [3.63, 3.8) is 0 Å². The van der Waals surface area contributed by atoms with Gasteiger partial charge >= 0.3 is 6.09 Å². The number of hydroxylamine groups is 1. The van der Waals surface area contributed by atoms with Crippen LogP contribution in [0.1, 0.15) is 0 Å². The van der Waals surface area contributed by atoms with E-state index in [4.69, 9.17) is 5.21 Å². The normalized spacial score (nSPS) is 9.81. The van der Waals surface area contributed by atoms with E-state index in [0.717, 1.165) is 0 Å². The Morgan fingerprint density at radius 3 is 2.94 bits per heavy atom. The zero-order chi connectivity index (χ0) is 11.4. The van der Waals surface area contributed by atoms with Crippen molar-refractivity contribution >= 4 is 6.09 Å². The number of rotatable bonds is 2. The summed E-state index contributed by atoms with van der Waals surface area (Å²) in [5.41, 5.74) is 1.34. The van der Waals surface area contributed by atoms with E-state index in [9.17, 15) is 4.79 Å². The van der Waals surface area contributed by atoms with E-state index in [1.165, 1.54) is 35.1 Å². The van der Waals surface area contributed by atoms with E-state index >= 15 is 0 Å². The predicted molar refractivity (Wildman–Crippen MR) is 50.1 cm³/mol. The van der Waals surface area contributed by atoms with Gasteiger partial charge in [0, 0.05) is 0 Å². The zero-order valence-corrected chi connectivity index (χ0v) is 7.94. The Hall–Kier alpha value is -2.48. The summed E-state index contributed by atoms with van der Waals surface area (Å²) < 4.78 is 6.08. The highest BCUT2D eigenvalue weighted by molar-refractivity contribution is 5.68. The number of ether oxygens (including phenoxy) is 1. The van der Waals surface area contributed by atoms with Gasteiger partial charge in [-0.25, -0.2) is 24.9 Å². The van der Waals surface area contributed by atoms with Gasteiger partial charge in [0.05, 0.1) is 6.20 Å². The van der Waals surface area contributed by atoms with Crippen LogP contribution >= 0.6 is 0 Å². The van der Waals surface area contributed by atoms with Crippen LogP contribution < -0.4 is 10.2 Å². The molecule has 8 nitrogen and oxygen atoms in total. The third-order valence-electron chi connectivity index (χ3n) is 1.68. The maximum atomic E-state index is 10.7. The van der Waals surface area contributed by atoms with Crippen LogP contribution in [0, 0.1) is 0 Å². The molecule has 0 saturated carbocycles. The third-order valence-corrected chi connectivity index (χ3v) is 1.68. The van der Waals surface area contributed by atoms with Gasteiger partial charge in [0.2, 0.25) is 0 Å². The molecule has 0 aliphatic heterocycles.